The number of aromatic amines is 1. The number of halogens is 2. The largest absolute Gasteiger partial charge is 0.509 e. The van der Waals surface area contributed by atoms with Crippen molar-refractivity contribution in [3.63, 3.8) is 0 Å². The molecule has 26 heavy (non-hydrogen) atoms. The van der Waals surface area contributed by atoms with Gasteiger partial charge in [-0.3, -0.25) is 10.2 Å². The third-order valence-corrected chi connectivity index (χ3v) is 4.89. The highest BCUT2D eigenvalue weighted by Crippen LogP contribution is 2.30. The van der Waals surface area contributed by atoms with Crippen LogP contribution in [-0.2, 0) is 0 Å². The lowest BCUT2D eigenvalue weighted by atomic mass is 10.2. The summed E-state index contributed by atoms with van der Waals surface area (Å²) in [4.78, 5) is 21.1. The van der Waals surface area contributed by atoms with Gasteiger partial charge in [-0.25, -0.2) is 4.98 Å². The van der Waals surface area contributed by atoms with Gasteiger partial charge in [0.1, 0.15) is 17.4 Å². The number of rotatable bonds is 2. The van der Waals surface area contributed by atoms with Crippen LogP contribution in [-0.4, -0.2) is 27.5 Å². The van der Waals surface area contributed by atoms with Gasteiger partial charge in [0.05, 0.1) is 23.0 Å². The monoisotopic (exact) mass is 430 g/mol. The van der Waals surface area contributed by atoms with Crippen molar-refractivity contribution >= 4 is 55.5 Å². The van der Waals surface area contributed by atoms with Crippen molar-refractivity contribution in [2.75, 3.05) is 11.4 Å². The first-order valence-electron chi connectivity index (χ1n) is 7.68. The zero-order valence-electron chi connectivity index (χ0n) is 13.3. The van der Waals surface area contributed by atoms with Gasteiger partial charge in [0.25, 0.3) is 5.56 Å². The van der Waals surface area contributed by atoms with Gasteiger partial charge in [-0.1, -0.05) is 27.5 Å². The van der Waals surface area contributed by atoms with Crippen LogP contribution in [0.2, 0.25) is 5.02 Å². The highest BCUT2D eigenvalue weighted by Gasteiger charge is 2.31. The summed E-state index contributed by atoms with van der Waals surface area (Å²) < 4.78 is 0.773. The van der Waals surface area contributed by atoms with E-state index in [0.717, 1.165) is 4.47 Å². The molecule has 0 spiro atoms. The number of nitrogens with one attached hydrogen (secondary N) is 2. The summed E-state index contributed by atoms with van der Waals surface area (Å²) in [7, 11) is 0. The van der Waals surface area contributed by atoms with Gasteiger partial charge >= 0.3 is 0 Å². The quantitative estimate of drug-likeness (QED) is 0.569. The second kappa shape index (κ2) is 6.26. The number of hydrogen-bond acceptors (Lipinski definition) is 4. The minimum atomic E-state index is -0.329. The second-order valence-corrected chi connectivity index (χ2v) is 7.16. The molecule has 2 aromatic carbocycles. The Morgan fingerprint density at radius 3 is 2.69 bits per heavy atom. The fraction of sp³-hybridized carbons (Fsp3) is 0.0556. The Balaban J connectivity index is 1.78. The summed E-state index contributed by atoms with van der Waals surface area (Å²) >= 11 is 9.24. The standard InChI is InChI=1S/C18H12BrClN4O2/c19-9-1-6-13-12(7-9)18(26)23-17(22-13)15-14(25)8-24(16(15)21)11-4-2-10(20)3-5-11/h1-7,21,25H,8H2,(H,22,23,26). The van der Waals surface area contributed by atoms with E-state index in [-0.39, 0.29) is 35.1 Å². The molecule has 1 aliphatic heterocycles. The zero-order valence-corrected chi connectivity index (χ0v) is 15.6. The van der Waals surface area contributed by atoms with Crippen molar-refractivity contribution in [1.29, 1.82) is 5.41 Å². The molecule has 0 bridgehead atoms. The van der Waals surface area contributed by atoms with Gasteiger partial charge in [-0.05, 0) is 42.5 Å². The molecule has 1 aromatic heterocycles. The van der Waals surface area contributed by atoms with Gasteiger partial charge in [0.15, 0.2) is 0 Å². The second-order valence-electron chi connectivity index (χ2n) is 5.81. The number of aliphatic hydroxyl groups excluding tert-OH is 1. The summed E-state index contributed by atoms with van der Waals surface area (Å²) in [6, 6.07) is 12.1. The summed E-state index contributed by atoms with van der Waals surface area (Å²) in [5.74, 6) is 0.206. The first kappa shape index (κ1) is 16.8. The van der Waals surface area contributed by atoms with Crippen LogP contribution < -0.4 is 10.5 Å². The molecule has 6 nitrogen and oxygen atoms in total. The van der Waals surface area contributed by atoms with Crippen molar-refractivity contribution in [2.45, 2.75) is 0 Å². The smallest absolute Gasteiger partial charge is 0.259 e. The minimum absolute atomic E-state index is 0.0236. The molecule has 2 heterocycles. The van der Waals surface area contributed by atoms with Crippen LogP contribution in [0.5, 0.6) is 0 Å². The Hall–Kier alpha value is -2.64. The van der Waals surface area contributed by atoms with Crippen molar-refractivity contribution in [2.24, 2.45) is 0 Å². The van der Waals surface area contributed by atoms with Gasteiger partial charge < -0.3 is 15.0 Å². The Kier molecular flexibility index (Phi) is 4.05. The molecule has 0 atom stereocenters. The van der Waals surface area contributed by atoms with Gasteiger partial charge in [-0.15, -0.1) is 0 Å². The fourth-order valence-corrected chi connectivity index (χ4v) is 3.39. The number of amidine groups is 1. The van der Waals surface area contributed by atoms with Crippen LogP contribution in [0.25, 0.3) is 16.5 Å². The normalized spacial score (nSPS) is 14.5. The number of aliphatic hydroxyl groups is 1. The van der Waals surface area contributed by atoms with Crippen LogP contribution in [0.3, 0.4) is 0 Å². The number of nitrogens with zero attached hydrogens (tertiary/aromatic N) is 2. The van der Waals surface area contributed by atoms with Crippen molar-refractivity contribution in [3.05, 3.63) is 73.9 Å². The molecule has 0 unspecified atom stereocenters. The number of hydrogen-bond donors (Lipinski definition) is 3. The van der Waals surface area contributed by atoms with E-state index in [1.54, 1.807) is 47.4 Å². The SMILES string of the molecule is N=C1C(c2nc3ccc(Br)cc3c(=O)[nH]2)=C(O)CN1c1ccc(Cl)cc1. The van der Waals surface area contributed by atoms with Crippen molar-refractivity contribution in [3.8, 4) is 0 Å². The Labute approximate surface area is 161 Å². The maximum absolute atomic E-state index is 12.4. The molecular weight excluding hydrogens is 420 g/mol. The molecule has 0 fully saturated rings. The third-order valence-electron chi connectivity index (χ3n) is 4.15. The van der Waals surface area contributed by atoms with E-state index < -0.39 is 0 Å². The van der Waals surface area contributed by atoms with Crippen LogP contribution in [0.15, 0.2) is 57.5 Å². The molecule has 0 amide bonds. The van der Waals surface area contributed by atoms with E-state index in [1.165, 1.54) is 0 Å². The van der Waals surface area contributed by atoms with Crippen LogP contribution in [0.1, 0.15) is 5.82 Å². The van der Waals surface area contributed by atoms with Gasteiger partial charge in [0, 0.05) is 15.2 Å². The van der Waals surface area contributed by atoms with Crippen LogP contribution >= 0.6 is 27.5 Å². The summed E-state index contributed by atoms with van der Waals surface area (Å²) in [5.41, 5.74) is 1.09. The molecule has 8 heteroatoms. The summed E-state index contributed by atoms with van der Waals surface area (Å²) in [6.45, 7) is 0.123. The highest BCUT2D eigenvalue weighted by molar-refractivity contribution is 9.10. The molecule has 0 radical (unpaired) electrons. The Bertz CT molecular complexity index is 1140. The van der Waals surface area contributed by atoms with E-state index in [2.05, 4.69) is 25.9 Å². The van der Waals surface area contributed by atoms with E-state index in [9.17, 15) is 9.90 Å². The molecule has 1 aliphatic rings. The van der Waals surface area contributed by atoms with Gasteiger partial charge in [-0.2, -0.15) is 0 Å². The number of aromatic nitrogens is 2. The maximum atomic E-state index is 12.4. The molecule has 4 rings (SSSR count). The molecule has 3 N–H and O–H groups in total. The van der Waals surface area contributed by atoms with Crippen LogP contribution in [0.4, 0.5) is 5.69 Å². The lowest BCUT2D eigenvalue weighted by Crippen LogP contribution is -2.26. The predicted molar refractivity (Wildman–Crippen MR) is 106 cm³/mol. The minimum Gasteiger partial charge on any atom is -0.509 e. The average Bonchev–Trinajstić information content (AvgIpc) is 2.90. The van der Waals surface area contributed by atoms with E-state index in [4.69, 9.17) is 17.0 Å². The molecule has 0 saturated carbocycles. The predicted octanol–water partition coefficient (Wildman–Crippen LogP) is 4.11. The molecule has 3 aromatic rings. The molecular formula is C18H12BrClN4O2. The van der Waals surface area contributed by atoms with E-state index in [0.29, 0.717) is 21.6 Å². The fourth-order valence-electron chi connectivity index (χ4n) is 2.90. The third kappa shape index (κ3) is 2.79. The van der Waals surface area contributed by atoms with Gasteiger partial charge in [0.2, 0.25) is 0 Å². The number of anilines is 1. The maximum Gasteiger partial charge on any atom is 0.259 e. The average molecular weight is 432 g/mol. The first-order chi connectivity index (χ1) is 12.4. The van der Waals surface area contributed by atoms with Crippen LogP contribution in [0, 0.1) is 5.41 Å². The Morgan fingerprint density at radius 1 is 1.23 bits per heavy atom. The Morgan fingerprint density at radius 2 is 1.96 bits per heavy atom. The number of H-pyrrole nitrogens is 1. The topological polar surface area (TPSA) is 93.1 Å². The molecule has 0 aliphatic carbocycles. The first-order valence-corrected chi connectivity index (χ1v) is 8.85. The van der Waals surface area contributed by atoms with Crippen molar-refractivity contribution < 1.29 is 5.11 Å². The zero-order chi connectivity index (χ0) is 18.4. The number of fused-ring (bicyclic) bond motifs is 1. The summed E-state index contributed by atoms with van der Waals surface area (Å²) in [5, 5.41) is 19.9. The highest BCUT2D eigenvalue weighted by atomic mass is 79.9. The number of benzene rings is 2. The van der Waals surface area contributed by atoms with Crippen molar-refractivity contribution in [1.82, 2.24) is 9.97 Å². The van der Waals surface area contributed by atoms with E-state index in [1.807, 2.05) is 0 Å². The summed E-state index contributed by atoms with van der Waals surface area (Å²) in [6.07, 6.45) is 0. The lowest BCUT2D eigenvalue weighted by molar-refractivity contribution is 0.411. The van der Waals surface area contributed by atoms with E-state index >= 15 is 0 Å². The molecule has 0 saturated heterocycles. The lowest BCUT2D eigenvalue weighted by Gasteiger charge is -2.18. The molecule has 130 valence electrons.